The van der Waals surface area contributed by atoms with Crippen LogP contribution in [0.2, 0.25) is 0 Å². The number of rotatable bonds is 6. The molecular formula is C20H27F3IN5. The van der Waals surface area contributed by atoms with Gasteiger partial charge in [-0.2, -0.15) is 13.2 Å². The maximum Gasteiger partial charge on any atom is 0.401 e. The summed E-state index contributed by atoms with van der Waals surface area (Å²) in [6.45, 7) is 3.20. The number of aromatic nitrogens is 1. The number of likely N-dealkylation sites (tertiary alicyclic amines) is 1. The summed E-state index contributed by atoms with van der Waals surface area (Å²) in [5.41, 5.74) is 2.12. The van der Waals surface area contributed by atoms with Crippen LogP contribution in [0.4, 0.5) is 13.2 Å². The maximum absolute atomic E-state index is 12.6. The van der Waals surface area contributed by atoms with Crippen LogP contribution < -0.4 is 10.6 Å². The smallest absolute Gasteiger partial charge is 0.357 e. The minimum Gasteiger partial charge on any atom is -0.357 e. The van der Waals surface area contributed by atoms with Crippen molar-refractivity contribution in [2.75, 3.05) is 32.7 Å². The molecule has 1 aliphatic heterocycles. The summed E-state index contributed by atoms with van der Waals surface area (Å²) in [4.78, 5) is 10.5. The van der Waals surface area contributed by atoms with Crippen molar-refractivity contribution in [3.8, 4) is 0 Å². The van der Waals surface area contributed by atoms with Crippen molar-refractivity contribution in [3.05, 3.63) is 42.1 Å². The van der Waals surface area contributed by atoms with Gasteiger partial charge in [-0.25, -0.2) is 0 Å². The number of hydrogen-bond donors (Lipinski definition) is 2. The number of alkyl halides is 3. The molecule has 1 unspecified atom stereocenters. The summed E-state index contributed by atoms with van der Waals surface area (Å²) in [6, 6.07) is 10.0. The van der Waals surface area contributed by atoms with E-state index in [9.17, 15) is 13.2 Å². The van der Waals surface area contributed by atoms with E-state index in [1.54, 1.807) is 6.20 Å². The Hall–Kier alpha value is -1.62. The molecule has 0 spiro atoms. The van der Waals surface area contributed by atoms with Crippen molar-refractivity contribution in [1.82, 2.24) is 20.5 Å². The lowest BCUT2D eigenvalue weighted by molar-refractivity contribution is -0.143. The average Bonchev–Trinajstić information content (AvgIpc) is 3.07. The van der Waals surface area contributed by atoms with Crippen molar-refractivity contribution < 1.29 is 13.2 Å². The molecule has 0 radical (unpaired) electrons. The van der Waals surface area contributed by atoms with Gasteiger partial charge in [-0.3, -0.25) is 14.9 Å². The first-order valence-electron chi connectivity index (χ1n) is 9.61. The van der Waals surface area contributed by atoms with Gasteiger partial charge in [0.15, 0.2) is 5.96 Å². The molecule has 0 aliphatic carbocycles. The van der Waals surface area contributed by atoms with Crippen LogP contribution in [0.1, 0.15) is 18.9 Å². The fraction of sp³-hybridized carbons (Fsp3) is 0.500. The van der Waals surface area contributed by atoms with E-state index in [0.29, 0.717) is 38.6 Å². The maximum atomic E-state index is 12.6. The van der Waals surface area contributed by atoms with E-state index < -0.39 is 12.7 Å². The summed E-state index contributed by atoms with van der Waals surface area (Å²) in [5.74, 6) is 0.648. The topological polar surface area (TPSA) is 52.6 Å². The standard InChI is InChI=1S/C20H26F3N5.HI/c1-2-24-19(27-17-9-12-28(13-17)14-20(21,22)23)26-11-8-16-6-3-5-15-7-4-10-25-18(15)16;/h3-7,10,17H,2,8-9,11-14H2,1H3,(H2,24,26,27);1H. The first-order chi connectivity index (χ1) is 13.4. The molecule has 2 heterocycles. The Morgan fingerprint density at radius 1 is 1.28 bits per heavy atom. The third-order valence-corrected chi connectivity index (χ3v) is 4.73. The van der Waals surface area contributed by atoms with Crippen LogP contribution in [-0.2, 0) is 6.42 Å². The number of para-hydroxylation sites is 1. The average molecular weight is 521 g/mol. The monoisotopic (exact) mass is 521 g/mol. The molecule has 2 N–H and O–H groups in total. The van der Waals surface area contributed by atoms with Crippen molar-refractivity contribution in [1.29, 1.82) is 0 Å². The van der Waals surface area contributed by atoms with Crippen molar-refractivity contribution in [2.45, 2.75) is 32.0 Å². The Bertz CT molecular complexity index is 807. The number of fused-ring (bicyclic) bond motifs is 1. The molecule has 0 bridgehead atoms. The van der Waals surface area contributed by atoms with Gasteiger partial charge in [-0.1, -0.05) is 24.3 Å². The summed E-state index contributed by atoms with van der Waals surface area (Å²) < 4.78 is 37.7. The van der Waals surface area contributed by atoms with Gasteiger partial charge in [-0.15, -0.1) is 24.0 Å². The Morgan fingerprint density at radius 2 is 2.07 bits per heavy atom. The van der Waals surface area contributed by atoms with E-state index in [-0.39, 0.29) is 30.0 Å². The molecule has 1 fully saturated rings. The molecule has 9 heteroatoms. The van der Waals surface area contributed by atoms with Gasteiger partial charge in [0.05, 0.1) is 12.1 Å². The minimum absolute atomic E-state index is 0. The predicted octanol–water partition coefficient (Wildman–Crippen LogP) is 3.59. The van der Waals surface area contributed by atoms with Crippen LogP contribution in [0.5, 0.6) is 0 Å². The van der Waals surface area contributed by atoms with Gasteiger partial charge in [0.25, 0.3) is 0 Å². The number of halogens is 4. The van der Waals surface area contributed by atoms with E-state index in [2.05, 4.69) is 26.7 Å². The lowest BCUT2D eigenvalue weighted by Crippen LogP contribution is -2.45. The number of nitrogens with zero attached hydrogens (tertiary/aromatic N) is 3. The summed E-state index contributed by atoms with van der Waals surface area (Å²) in [7, 11) is 0. The molecule has 0 saturated carbocycles. The summed E-state index contributed by atoms with van der Waals surface area (Å²) in [6.07, 6.45) is -0.947. The predicted molar refractivity (Wildman–Crippen MR) is 121 cm³/mol. The zero-order chi connectivity index (χ0) is 20.0. The fourth-order valence-corrected chi connectivity index (χ4v) is 3.52. The minimum atomic E-state index is -4.15. The molecule has 29 heavy (non-hydrogen) atoms. The molecule has 2 aromatic rings. The molecule has 1 aromatic carbocycles. The molecule has 1 aromatic heterocycles. The highest BCUT2D eigenvalue weighted by molar-refractivity contribution is 14.0. The molecule has 5 nitrogen and oxygen atoms in total. The second kappa shape index (κ2) is 11.0. The van der Waals surface area contributed by atoms with Gasteiger partial charge in [0, 0.05) is 43.8 Å². The Balaban J connectivity index is 0.00000300. The van der Waals surface area contributed by atoms with Crippen molar-refractivity contribution in [2.24, 2.45) is 4.99 Å². The summed E-state index contributed by atoms with van der Waals surface area (Å²) in [5, 5.41) is 7.55. The molecule has 1 saturated heterocycles. The fourth-order valence-electron chi connectivity index (χ4n) is 3.52. The van der Waals surface area contributed by atoms with Crippen molar-refractivity contribution in [3.63, 3.8) is 0 Å². The number of aliphatic imine (C=N–C) groups is 1. The van der Waals surface area contributed by atoms with E-state index in [1.165, 1.54) is 4.90 Å². The highest BCUT2D eigenvalue weighted by atomic mass is 127. The van der Waals surface area contributed by atoms with Gasteiger partial charge < -0.3 is 10.6 Å². The number of benzene rings is 1. The van der Waals surface area contributed by atoms with Gasteiger partial charge in [-0.05, 0) is 31.4 Å². The highest BCUT2D eigenvalue weighted by Crippen LogP contribution is 2.20. The van der Waals surface area contributed by atoms with E-state index in [1.807, 2.05) is 31.2 Å². The van der Waals surface area contributed by atoms with Crippen LogP contribution >= 0.6 is 24.0 Å². The first-order valence-corrected chi connectivity index (χ1v) is 9.61. The third-order valence-electron chi connectivity index (χ3n) is 4.73. The van der Waals surface area contributed by atoms with Crippen LogP contribution in [0.25, 0.3) is 10.9 Å². The van der Waals surface area contributed by atoms with Crippen molar-refractivity contribution >= 4 is 40.8 Å². The highest BCUT2D eigenvalue weighted by Gasteiger charge is 2.34. The lowest BCUT2D eigenvalue weighted by Gasteiger charge is -2.19. The molecule has 3 rings (SSSR count). The Kier molecular flexibility index (Phi) is 8.94. The normalized spacial score (nSPS) is 17.9. The lowest BCUT2D eigenvalue weighted by atomic mass is 10.1. The largest absolute Gasteiger partial charge is 0.401 e. The molecule has 1 atom stereocenters. The van der Waals surface area contributed by atoms with E-state index in [4.69, 9.17) is 0 Å². The Labute approximate surface area is 186 Å². The Morgan fingerprint density at radius 3 is 2.83 bits per heavy atom. The third kappa shape index (κ3) is 7.29. The van der Waals surface area contributed by atoms with E-state index >= 15 is 0 Å². The van der Waals surface area contributed by atoms with E-state index in [0.717, 1.165) is 22.9 Å². The van der Waals surface area contributed by atoms with Crippen LogP contribution in [-0.4, -0.2) is 60.8 Å². The summed E-state index contributed by atoms with van der Waals surface area (Å²) >= 11 is 0. The van der Waals surface area contributed by atoms with Gasteiger partial charge in [0.2, 0.25) is 0 Å². The second-order valence-electron chi connectivity index (χ2n) is 6.98. The van der Waals surface area contributed by atoms with Crippen LogP contribution in [0, 0.1) is 0 Å². The van der Waals surface area contributed by atoms with Gasteiger partial charge >= 0.3 is 6.18 Å². The van der Waals surface area contributed by atoms with Crippen LogP contribution in [0.3, 0.4) is 0 Å². The second-order valence-corrected chi connectivity index (χ2v) is 6.98. The molecule has 1 aliphatic rings. The zero-order valence-electron chi connectivity index (χ0n) is 16.4. The number of guanidine groups is 1. The SMILES string of the molecule is CCNC(=NCCc1cccc2cccnc12)NC1CCN(CC(F)(F)F)C1.I. The van der Waals surface area contributed by atoms with Crippen LogP contribution in [0.15, 0.2) is 41.5 Å². The zero-order valence-corrected chi connectivity index (χ0v) is 18.7. The quantitative estimate of drug-likeness (QED) is 0.347. The number of pyridine rings is 1. The molecule has 0 amide bonds. The number of hydrogen-bond acceptors (Lipinski definition) is 3. The molecule has 160 valence electrons. The van der Waals surface area contributed by atoms with Gasteiger partial charge in [0.1, 0.15) is 0 Å². The first kappa shape index (κ1) is 23.7. The molecular weight excluding hydrogens is 494 g/mol. The number of nitrogens with one attached hydrogen (secondary N) is 2.